The van der Waals surface area contributed by atoms with Crippen molar-refractivity contribution in [2.45, 2.75) is 59.5 Å². The molecule has 0 radical (unpaired) electrons. The molecule has 0 aliphatic heterocycles. The van der Waals surface area contributed by atoms with Crippen molar-refractivity contribution in [1.82, 2.24) is 15.1 Å². The predicted molar refractivity (Wildman–Crippen MR) is 86.8 cm³/mol. The summed E-state index contributed by atoms with van der Waals surface area (Å²) in [6.07, 6.45) is 3.27. The molecule has 1 aromatic rings. The Hall–Kier alpha value is -2.16. The van der Waals surface area contributed by atoms with Gasteiger partial charge in [-0.3, -0.25) is 9.59 Å². The fraction of sp³-hybridized carbons (Fsp3) is 0.647. The number of nitrogens with zero attached hydrogens (tertiary/aromatic N) is 3. The maximum Gasteiger partial charge on any atom is 0.285 e. The summed E-state index contributed by atoms with van der Waals surface area (Å²) in [5.74, 6) is 0.784. The van der Waals surface area contributed by atoms with Gasteiger partial charge in [-0.1, -0.05) is 26.7 Å². The highest BCUT2D eigenvalue weighted by molar-refractivity contribution is 5.76. The number of aryl methyl sites for hydroxylation is 1. The van der Waals surface area contributed by atoms with Crippen LogP contribution in [0.1, 0.15) is 49.9 Å². The molecule has 0 bridgehead atoms. The Morgan fingerprint density at radius 3 is 2.74 bits per heavy atom. The number of nitriles is 1. The van der Waals surface area contributed by atoms with Gasteiger partial charge in [-0.25, -0.2) is 4.68 Å². The van der Waals surface area contributed by atoms with Crippen LogP contribution in [-0.2, 0) is 11.3 Å². The smallest absolute Gasteiger partial charge is 0.285 e. The molecular formula is C17H24N4O2. The Balaban J connectivity index is 2.14. The number of nitrogens with one attached hydrogen (secondary N) is 1. The topological polar surface area (TPSA) is 87.8 Å². The molecule has 1 heterocycles. The van der Waals surface area contributed by atoms with Gasteiger partial charge < -0.3 is 5.32 Å². The van der Waals surface area contributed by atoms with Crippen molar-refractivity contribution in [2.24, 2.45) is 11.8 Å². The first kappa shape index (κ1) is 17.2. The zero-order chi connectivity index (χ0) is 17.1. The minimum atomic E-state index is -0.504. The number of hydrogen-bond donors (Lipinski definition) is 1. The average molecular weight is 316 g/mol. The van der Waals surface area contributed by atoms with Gasteiger partial charge in [-0.2, -0.15) is 10.4 Å². The maximum absolute atomic E-state index is 12.3. The summed E-state index contributed by atoms with van der Waals surface area (Å²) in [7, 11) is 0. The average Bonchev–Trinajstić information content (AvgIpc) is 2.50. The molecule has 2 rings (SSSR count). The predicted octanol–water partition coefficient (Wildman–Crippen LogP) is 1.67. The van der Waals surface area contributed by atoms with Crippen LogP contribution in [0.15, 0.2) is 4.79 Å². The summed E-state index contributed by atoms with van der Waals surface area (Å²) in [5, 5.41) is 16.3. The molecule has 0 saturated heterocycles. The minimum Gasteiger partial charge on any atom is -0.351 e. The molecule has 23 heavy (non-hydrogen) atoms. The van der Waals surface area contributed by atoms with Gasteiger partial charge in [0.2, 0.25) is 5.91 Å². The second-order valence-electron chi connectivity index (χ2n) is 6.60. The molecule has 0 aromatic carbocycles. The standard InChI is InChI=1S/C17H24N4O2/c1-10-6-5-7-15(11(10)2)19-16(22)9-21-17(23)14(8-18)12(3)13(4)20-21/h10-11,15H,5-7,9H2,1-4H3,(H,19,22)/t10-,11+,15+/m0/s1. The lowest BCUT2D eigenvalue weighted by Crippen LogP contribution is -2.46. The fourth-order valence-corrected chi connectivity index (χ4v) is 3.18. The quantitative estimate of drug-likeness (QED) is 0.919. The molecular weight excluding hydrogens is 292 g/mol. The summed E-state index contributed by atoms with van der Waals surface area (Å²) >= 11 is 0. The molecule has 0 spiro atoms. The van der Waals surface area contributed by atoms with E-state index in [9.17, 15) is 9.59 Å². The van der Waals surface area contributed by atoms with Crippen molar-refractivity contribution in [2.75, 3.05) is 0 Å². The molecule has 1 saturated carbocycles. The maximum atomic E-state index is 12.3. The third kappa shape index (κ3) is 3.61. The van der Waals surface area contributed by atoms with E-state index >= 15 is 0 Å². The van der Waals surface area contributed by atoms with Crippen molar-refractivity contribution < 1.29 is 4.79 Å². The molecule has 124 valence electrons. The van der Waals surface area contributed by atoms with E-state index in [-0.39, 0.29) is 24.1 Å². The van der Waals surface area contributed by atoms with E-state index in [1.54, 1.807) is 13.8 Å². The Morgan fingerprint density at radius 2 is 2.09 bits per heavy atom. The molecule has 1 fully saturated rings. The normalized spacial score (nSPS) is 24.0. The molecule has 6 nitrogen and oxygen atoms in total. The summed E-state index contributed by atoms with van der Waals surface area (Å²) in [6.45, 7) is 7.64. The van der Waals surface area contributed by atoms with Crippen LogP contribution in [0.3, 0.4) is 0 Å². The van der Waals surface area contributed by atoms with E-state index in [4.69, 9.17) is 5.26 Å². The lowest BCUT2D eigenvalue weighted by atomic mass is 9.78. The number of carbonyl (C=O) groups excluding carboxylic acids is 1. The number of amides is 1. The largest absolute Gasteiger partial charge is 0.351 e. The van der Waals surface area contributed by atoms with Crippen LogP contribution in [0.4, 0.5) is 0 Å². The Labute approximate surface area is 136 Å². The van der Waals surface area contributed by atoms with Crippen LogP contribution in [0.5, 0.6) is 0 Å². The number of hydrogen-bond acceptors (Lipinski definition) is 4. The molecule has 1 amide bonds. The van der Waals surface area contributed by atoms with Crippen molar-refractivity contribution in [3.05, 3.63) is 27.2 Å². The molecule has 1 aromatic heterocycles. The van der Waals surface area contributed by atoms with Crippen molar-refractivity contribution in [1.29, 1.82) is 5.26 Å². The van der Waals surface area contributed by atoms with Crippen LogP contribution in [0.25, 0.3) is 0 Å². The first-order valence-corrected chi connectivity index (χ1v) is 8.13. The van der Waals surface area contributed by atoms with Crippen LogP contribution in [0.2, 0.25) is 0 Å². The van der Waals surface area contributed by atoms with Crippen molar-refractivity contribution in [3.8, 4) is 6.07 Å². The highest BCUT2D eigenvalue weighted by atomic mass is 16.2. The Kier molecular flexibility index (Phi) is 5.19. The monoisotopic (exact) mass is 316 g/mol. The van der Waals surface area contributed by atoms with Crippen LogP contribution >= 0.6 is 0 Å². The zero-order valence-electron chi connectivity index (χ0n) is 14.2. The highest BCUT2D eigenvalue weighted by Gasteiger charge is 2.28. The Bertz CT molecular complexity index is 702. The van der Waals surface area contributed by atoms with Gasteiger partial charge in [-0.15, -0.1) is 0 Å². The minimum absolute atomic E-state index is 0.0601. The lowest BCUT2D eigenvalue weighted by Gasteiger charge is -2.34. The van der Waals surface area contributed by atoms with Crippen LogP contribution < -0.4 is 10.9 Å². The summed E-state index contributed by atoms with van der Waals surface area (Å²) in [5.41, 5.74) is 0.721. The first-order valence-electron chi connectivity index (χ1n) is 8.13. The molecule has 1 N–H and O–H groups in total. The SMILES string of the molecule is Cc1nn(CC(=O)N[C@@H]2CCC[C@H](C)[C@H]2C)c(=O)c(C#N)c1C. The van der Waals surface area contributed by atoms with Gasteiger partial charge in [0.25, 0.3) is 5.56 Å². The summed E-state index contributed by atoms with van der Waals surface area (Å²) in [4.78, 5) is 24.5. The summed E-state index contributed by atoms with van der Waals surface area (Å²) < 4.78 is 1.09. The van der Waals surface area contributed by atoms with Gasteiger partial charge in [0.05, 0.1) is 5.69 Å². The third-order valence-corrected chi connectivity index (χ3v) is 5.10. The van der Waals surface area contributed by atoms with Crippen molar-refractivity contribution >= 4 is 5.91 Å². The van der Waals surface area contributed by atoms with E-state index in [1.165, 1.54) is 6.42 Å². The fourth-order valence-electron chi connectivity index (χ4n) is 3.18. The summed E-state index contributed by atoms with van der Waals surface area (Å²) in [6, 6.07) is 2.05. The van der Waals surface area contributed by atoms with E-state index in [1.807, 2.05) is 6.07 Å². The van der Waals surface area contributed by atoms with Crippen LogP contribution in [0, 0.1) is 37.0 Å². The Morgan fingerprint density at radius 1 is 1.39 bits per heavy atom. The zero-order valence-corrected chi connectivity index (χ0v) is 14.2. The molecule has 1 aliphatic rings. The van der Waals surface area contributed by atoms with E-state index in [0.29, 0.717) is 23.1 Å². The van der Waals surface area contributed by atoms with Crippen LogP contribution in [-0.4, -0.2) is 21.7 Å². The van der Waals surface area contributed by atoms with Crippen molar-refractivity contribution in [3.63, 3.8) is 0 Å². The molecule has 0 unspecified atom stereocenters. The van der Waals surface area contributed by atoms with E-state index in [0.717, 1.165) is 17.5 Å². The van der Waals surface area contributed by atoms with E-state index in [2.05, 4.69) is 24.3 Å². The number of carbonyl (C=O) groups is 1. The first-order chi connectivity index (χ1) is 10.8. The molecule has 1 aliphatic carbocycles. The second-order valence-corrected chi connectivity index (χ2v) is 6.60. The van der Waals surface area contributed by atoms with Gasteiger partial charge in [0.15, 0.2) is 0 Å². The van der Waals surface area contributed by atoms with Gasteiger partial charge in [0, 0.05) is 6.04 Å². The molecule has 6 heteroatoms. The van der Waals surface area contributed by atoms with Gasteiger partial charge in [0.1, 0.15) is 18.2 Å². The van der Waals surface area contributed by atoms with E-state index < -0.39 is 5.56 Å². The third-order valence-electron chi connectivity index (χ3n) is 5.10. The number of rotatable bonds is 3. The van der Waals surface area contributed by atoms with Gasteiger partial charge >= 0.3 is 0 Å². The van der Waals surface area contributed by atoms with Gasteiger partial charge in [-0.05, 0) is 37.7 Å². The number of aromatic nitrogens is 2. The highest BCUT2D eigenvalue weighted by Crippen LogP contribution is 2.29. The lowest BCUT2D eigenvalue weighted by molar-refractivity contribution is -0.123. The second kappa shape index (κ2) is 6.95. The molecule has 3 atom stereocenters.